The van der Waals surface area contributed by atoms with E-state index in [4.69, 9.17) is 0 Å². The van der Waals surface area contributed by atoms with Gasteiger partial charge in [-0.3, -0.25) is 13.9 Å². The van der Waals surface area contributed by atoms with Crippen LogP contribution in [-0.4, -0.2) is 50.5 Å². The number of rotatable bonds is 14. The molecule has 2 amide bonds. The van der Waals surface area contributed by atoms with Crippen LogP contribution in [0.15, 0.2) is 78.9 Å². The van der Waals surface area contributed by atoms with Gasteiger partial charge in [0.05, 0.1) is 11.9 Å². The average Bonchev–Trinajstić information content (AvgIpc) is 2.93. The minimum Gasteiger partial charge on any atom is -0.354 e. The summed E-state index contributed by atoms with van der Waals surface area (Å²) in [6.07, 6.45) is 1.97. The molecule has 0 bridgehead atoms. The molecule has 0 spiro atoms. The number of anilines is 1. The van der Waals surface area contributed by atoms with Gasteiger partial charge in [-0.25, -0.2) is 8.42 Å². The number of benzene rings is 3. The van der Waals surface area contributed by atoms with E-state index in [-0.39, 0.29) is 37.2 Å². The number of nitrogens with zero attached hydrogens (tertiary/aromatic N) is 2. The van der Waals surface area contributed by atoms with Gasteiger partial charge in [-0.15, -0.1) is 0 Å². The maximum absolute atomic E-state index is 13.9. The third-order valence-electron chi connectivity index (χ3n) is 7.03. The van der Waals surface area contributed by atoms with E-state index in [1.165, 1.54) is 10.6 Å². The Morgan fingerprint density at radius 2 is 1.51 bits per heavy atom. The number of nitrogens with one attached hydrogen (secondary N) is 1. The Labute approximate surface area is 245 Å². The van der Waals surface area contributed by atoms with E-state index in [1.54, 1.807) is 17.0 Å². The summed E-state index contributed by atoms with van der Waals surface area (Å²) in [5, 5.41) is 3.04. The van der Waals surface area contributed by atoms with Crippen molar-refractivity contribution < 1.29 is 18.0 Å². The zero-order valence-corrected chi connectivity index (χ0v) is 25.7. The number of hydrogen-bond donors (Lipinski definition) is 1. The Hall–Kier alpha value is -3.65. The lowest BCUT2D eigenvalue weighted by molar-refractivity contribution is -0.141. The topological polar surface area (TPSA) is 86.8 Å². The molecular weight excluding hydrogens is 534 g/mol. The molecule has 0 saturated carbocycles. The average molecular weight is 578 g/mol. The van der Waals surface area contributed by atoms with Crippen molar-refractivity contribution in [2.24, 2.45) is 5.92 Å². The highest BCUT2D eigenvalue weighted by Gasteiger charge is 2.31. The van der Waals surface area contributed by atoms with Crippen molar-refractivity contribution in [3.05, 3.63) is 101 Å². The Bertz CT molecular complexity index is 1390. The molecule has 7 nitrogen and oxygen atoms in total. The first-order valence-electron chi connectivity index (χ1n) is 14.2. The van der Waals surface area contributed by atoms with Crippen LogP contribution in [0.4, 0.5) is 5.69 Å². The summed E-state index contributed by atoms with van der Waals surface area (Å²) in [6.45, 7) is 8.96. The number of aryl methyl sites for hydroxylation is 2. The van der Waals surface area contributed by atoms with Crippen LogP contribution >= 0.6 is 0 Å². The fourth-order valence-electron chi connectivity index (χ4n) is 4.66. The summed E-state index contributed by atoms with van der Waals surface area (Å²) < 4.78 is 26.6. The Morgan fingerprint density at radius 1 is 0.878 bits per heavy atom. The van der Waals surface area contributed by atoms with Gasteiger partial charge < -0.3 is 10.2 Å². The van der Waals surface area contributed by atoms with Crippen molar-refractivity contribution in [1.29, 1.82) is 0 Å². The van der Waals surface area contributed by atoms with Crippen LogP contribution in [0.1, 0.15) is 48.9 Å². The van der Waals surface area contributed by atoms with Gasteiger partial charge in [-0.05, 0) is 55.0 Å². The Kier molecular flexibility index (Phi) is 11.5. The summed E-state index contributed by atoms with van der Waals surface area (Å²) in [6, 6.07) is 24.1. The maximum atomic E-state index is 13.9. The maximum Gasteiger partial charge on any atom is 0.243 e. The van der Waals surface area contributed by atoms with E-state index < -0.39 is 16.1 Å². The molecule has 0 fully saturated rings. The standard InChI is InChI=1S/C33H43N3O4S/c1-25(2)23-34-33(38)31(22-28-13-7-6-8-14-28)35(24-29-15-10-9-12-27(29)4)32(37)16-11-21-36(41(5,39)40)30-19-17-26(3)18-20-30/h6-10,12-15,17-20,25,31H,11,16,21-24H2,1-5H3,(H,34,38)/t31-/m0/s1. The van der Waals surface area contributed by atoms with E-state index in [0.717, 1.165) is 22.3 Å². The van der Waals surface area contributed by atoms with Crippen LogP contribution in [0.3, 0.4) is 0 Å². The summed E-state index contributed by atoms with van der Waals surface area (Å²) in [4.78, 5) is 29.2. The van der Waals surface area contributed by atoms with E-state index in [9.17, 15) is 18.0 Å². The van der Waals surface area contributed by atoms with Gasteiger partial charge >= 0.3 is 0 Å². The van der Waals surface area contributed by atoms with Crippen LogP contribution in [0.2, 0.25) is 0 Å². The van der Waals surface area contributed by atoms with Crippen LogP contribution < -0.4 is 9.62 Å². The molecule has 1 N–H and O–H groups in total. The molecule has 0 aliphatic rings. The number of amides is 2. The zero-order valence-electron chi connectivity index (χ0n) is 24.8. The lowest BCUT2D eigenvalue weighted by Gasteiger charge is -2.32. The Balaban J connectivity index is 1.88. The van der Waals surface area contributed by atoms with Crippen molar-refractivity contribution in [1.82, 2.24) is 10.2 Å². The monoisotopic (exact) mass is 577 g/mol. The molecule has 0 radical (unpaired) electrons. The van der Waals surface area contributed by atoms with Crippen LogP contribution in [0.5, 0.6) is 0 Å². The minimum absolute atomic E-state index is 0.104. The lowest BCUT2D eigenvalue weighted by Crippen LogP contribution is -2.51. The highest BCUT2D eigenvalue weighted by molar-refractivity contribution is 7.92. The molecule has 0 saturated heterocycles. The highest BCUT2D eigenvalue weighted by atomic mass is 32.2. The van der Waals surface area contributed by atoms with Crippen molar-refractivity contribution in [2.75, 3.05) is 23.7 Å². The number of hydrogen-bond acceptors (Lipinski definition) is 4. The second-order valence-electron chi connectivity index (χ2n) is 11.1. The first-order chi connectivity index (χ1) is 19.5. The van der Waals surface area contributed by atoms with Crippen molar-refractivity contribution in [2.45, 2.75) is 59.5 Å². The van der Waals surface area contributed by atoms with E-state index in [2.05, 4.69) is 5.32 Å². The minimum atomic E-state index is -3.54. The van der Waals surface area contributed by atoms with Crippen LogP contribution in [-0.2, 0) is 32.6 Å². The smallest absolute Gasteiger partial charge is 0.243 e. The first kappa shape index (κ1) is 31.9. The molecule has 3 rings (SSSR count). The Morgan fingerprint density at radius 3 is 2.12 bits per heavy atom. The fourth-order valence-corrected chi connectivity index (χ4v) is 5.63. The summed E-state index contributed by atoms with van der Waals surface area (Å²) in [7, 11) is -3.54. The highest BCUT2D eigenvalue weighted by Crippen LogP contribution is 2.21. The zero-order chi connectivity index (χ0) is 30.0. The molecule has 8 heteroatoms. The van der Waals surface area contributed by atoms with Gasteiger partial charge in [0.1, 0.15) is 6.04 Å². The van der Waals surface area contributed by atoms with Crippen molar-refractivity contribution in [3.63, 3.8) is 0 Å². The van der Waals surface area contributed by atoms with Crippen LogP contribution in [0, 0.1) is 19.8 Å². The predicted molar refractivity (Wildman–Crippen MR) is 166 cm³/mol. The van der Waals surface area contributed by atoms with E-state index in [0.29, 0.717) is 25.1 Å². The molecule has 41 heavy (non-hydrogen) atoms. The molecule has 0 unspecified atom stereocenters. The number of carbonyl (C=O) groups excluding carboxylic acids is 2. The largest absolute Gasteiger partial charge is 0.354 e. The van der Waals surface area contributed by atoms with Crippen molar-refractivity contribution >= 4 is 27.5 Å². The number of carbonyl (C=O) groups is 2. The predicted octanol–water partition coefficient (Wildman–Crippen LogP) is 5.26. The molecule has 0 aliphatic carbocycles. The fraction of sp³-hybridized carbons (Fsp3) is 0.394. The first-order valence-corrected chi connectivity index (χ1v) is 16.0. The molecule has 0 aliphatic heterocycles. The molecule has 3 aromatic rings. The normalized spacial score (nSPS) is 12.1. The van der Waals surface area contributed by atoms with Gasteiger partial charge in [0.15, 0.2) is 0 Å². The molecule has 220 valence electrons. The third kappa shape index (κ3) is 9.74. The van der Waals surface area contributed by atoms with Crippen molar-refractivity contribution in [3.8, 4) is 0 Å². The molecule has 0 heterocycles. The molecule has 0 aromatic heterocycles. The SMILES string of the molecule is Cc1ccc(N(CCCC(=O)N(Cc2ccccc2C)[C@@H](Cc2ccccc2)C(=O)NCC(C)C)S(C)(=O)=O)cc1. The van der Waals surface area contributed by atoms with Gasteiger partial charge in [-0.2, -0.15) is 0 Å². The molecule has 3 aromatic carbocycles. The quantitative estimate of drug-likeness (QED) is 0.283. The third-order valence-corrected chi connectivity index (χ3v) is 8.23. The van der Waals surface area contributed by atoms with Gasteiger partial charge in [-0.1, -0.05) is 86.1 Å². The van der Waals surface area contributed by atoms with E-state index >= 15 is 0 Å². The summed E-state index contributed by atoms with van der Waals surface area (Å²) >= 11 is 0. The summed E-state index contributed by atoms with van der Waals surface area (Å²) in [5.41, 5.74) is 4.56. The van der Waals surface area contributed by atoms with Gasteiger partial charge in [0.25, 0.3) is 0 Å². The second kappa shape index (κ2) is 14.8. The summed E-state index contributed by atoms with van der Waals surface area (Å²) in [5.74, 6) is -0.117. The van der Waals surface area contributed by atoms with Crippen LogP contribution in [0.25, 0.3) is 0 Å². The lowest BCUT2D eigenvalue weighted by atomic mass is 10.0. The van der Waals surface area contributed by atoms with E-state index in [1.807, 2.05) is 94.4 Å². The molecule has 1 atom stereocenters. The number of sulfonamides is 1. The van der Waals surface area contributed by atoms with Gasteiger partial charge in [0.2, 0.25) is 21.8 Å². The second-order valence-corrected chi connectivity index (χ2v) is 13.0. The molecular formula is C33H43N3O4S. The van der Waals surface area contributed by atoms with Gasteiger partial charge in [0, 0.05) is 32.5 Å².